The van der Waals surface area contributed by atoms with Crippen LogP contribution < -0.4 is 10.5 Å². The maximum atomic E-state index is 6.13. The van der Waals surface area contributed by atoms with Crippen molar-refractivity contribution in [2.24, 2.45) is 5.73 Å². The molecule has 17 heavy (non-hydrogen) atoms. The number of pyridine rings is 1. The van der Waals surface area contributed by atoms with E-state index in [1.165, 1.54) is 19.3 Å². The summed E-state index contributed by atoms with van der Waals surface area (Å²) in [5.74, 6) is 0.688. The lowest BCUT2D eigenvalue weighted by Gasteiger charge is -2.22. The van der Waals surface area contributed by atoms with Crippen LogP contribution in [0.2, 0.25) is 0 Å². The average Bonchev–Trinajstić information content (AvgIpc) is 2.50. The number of nitrogens with zero attached hydrogens (tertiary/aromatic N) is 1. The van der Waals surface area contributed by atoms with Gasteiger partial charge in [-0.25, -0.2) is 4.98 Å². The first-order valence-corrected chi connectivity index (χ1v) is 7.00. The number of aryl methyl sites for hydroxylation is 1. The summed E-state index contributed by atoms with van der Waals surface area (Å²) in [7, 11) is 0. The Balaban J connectivity index is 2.05. The molecule has 2 unspecified atom stereocenters. The fourth-order valence-corrected chi connectivity index (χ4v) is 2.40. The van der Waals surface area contributed by atoms with Crippen molar-refractivity contribution in [2.75, 3.05) is 0 Å². The summed E-state index contributed by atoms with van der Waals surface area (Å²) in [4.78, 5) is 4.27. The van der Waals surface area contributed by atoms with E-state index >= 15 is 0 Å². The second kappa shape index (κ2) is 5.83. The van der Waals surface area contributed by atoms with Crippen molar-refractivity contribution in [3.8, 4) is 5.88 Å². The SMILES string of the molecule is Cc1cc(OC2CCCCCC2N)ncc1Br. The van der Waals surface area contributed by atoms with E-state index in [1.54, 1.807) is 6.20 Å². The highest BCUT2D eigenvalue weighted by Crippen LogP contribution is 2.23. The van der Waals surface area contributed by atoms with Crippen LogP contribution in [-0.4, -0.2) is 17.1 Å². The molecular formula is C13H19BrN2O. The highest BCUT2D eigenvalue weighted by molar-refractivity contribution is 9.10. The van der Waals surface area contributed by atoms with Gasteiger partial charge in [0.2, 0.25) is 5.88 Å². The predicted molar refractivity (Wildman–Crippen MR) is 72.2 cm³/mol. The van der Waals surface area contributed by atoms with Gasteiger partial charge < -0.3 is 10.5 Å². The van der Waals surface area contributed by atoms with Crippen LogP contribution >= 0.6 is 15.9 Å². The van der Waals surface area contributed by atoms with Gasteiger partial charge in [0, 0.05) is 22.8 Å². The molecule has 0 bridgehead atoms. The largest absolute Gasteiger partial charge is 0.473 e. The maximum absolute atomic E-state index is 6.13. The monoisotopic (exact) mass is 298 g/mol. The van der Waals surface area contributed by atoms with Crippen LogP contribution in [0.15, 0.2) is 16.7 Å². The first-order valence-electron chi connectivity index (χ1n) is 6.21. The zero-order chi connectivity index (χ0) is 12.3. The van der Waals surface area contributed by atoms with E-state index < -0.39 is 0 Å². The standard InChI is InChI=1S/C13H19BrN2O/c1-9-7-13(16-8-10(9)14)17-12-6-4-2-3-5-11(12)15/h7-8,11-12H,2-6,15H2,1H3. The van der Waals surface area contributed by atoms with Crippen LogP contribution in [0.25, 0.3) is 0 Å². The fraction of sp³-hybridized carbons (Fsp3) is 0.615. The Hall–Kier alpha value is -0.610. The highest BCUT2D eigenvalue weighted by Gasteiger charge is 2.22. The first-order chi connectivity index (χ1) is 8.16. The summed E-state index contributed by atoms with van der Waals surface area (Å²) < 4.78 is 6.94. The molecule has 1 aromatic rings. The number of hydrogen-bond acceptors (Lipinski definition) is 3. The molecule has 0 aromatic carbocycles. The molecule has 2 N–H and O–H groups in total. The van der Waals surface area contributed by atoms with E-state index in [4.69, 9.17) is 10.5 Å². The Labute approximate surface area is 111 Å². The zero-order valence-electron chi connectivity index (χ0n) is 10.2. The molecule has 2 atom stereocenters. The molecule has 1 saturated carbocycles. The van der Waals surface area contributed by atoms with Crippen molar-refractivity contribution in [2.45, 2.75) is 51.2 Å². The molecule has 0 radical (unpaired) electrons. The van der Waals surface area contributed by atoms with E-state index in [2.05, 4.69) is 20.9 Å². The third-order valence-electron chi connectivity index (χ3n) is 3.30. The summed E-state index contributed by atoms with van der Waals surface area (Å²) in [6, 6.07) is 2.10. The molecule has 1 aliphatic rings. The van der Waals surface area contributed by atoms with Crippen LogP contribution in [0.1, 0.15) is 37.7 Å². The average molecular weight is 299 g/mol. The summed E-state index contributed by atoms with van der Waals surface area (Å²) in [6.07, 6.45) is 7.68. The Kier molecular flexibility index (Phi) is 4.40. The van der Waals surface area contributed by atoms with Crippen molar-refractivity contribution in [3.05, 3.63) is 22.3 Å². The third kappa shape index (κ3) is 3.42. The van der Waals surface area contributed by atoms with Gasteiger partial charge >= 0.3 is 0 Å². The fourth-order valence-electron chi connectivity index (χ4n) is 2.18. The van der Waals surface area contributed by atoms with E-state index in [1.807, 2.05) is 13.0 Å². The van der Waals surface area contributed by atoms with Gasteiger partial charge in [-0.3, -0.25) is 0 Å². The molecule has 0 spiro atoms. The Morgan fingerprint density at radius 1 is 1.35 bits per heavy atom. The van der Waals surface area contributed by atoms with Crippen LogP contribution in [0.3, 0.4) is 0 Å². The molecule has 1 aromatic heterocycles. The topological polar surface area (TPSA) is 48.1 Å². The molecule has 4 heteroatoms. The number of ether oxygens (including phenoxy) is 1. The Bertz CT molecular complexity index is 384. The zero-order valence-corrected chi connectivity index (χ0v) is 11.7. The molecule has 1 heterocycles. The number of rotatable bonds is 2. The number of nitrogens with two attached hydrogens (primary N) is 1. The molecule has 94 valence electrons. The number of hydrogen-bond donors (Lipinski definition) is 1. The molecule has 0 amide bonds. The van der Waals surface area contributed by atoms with Crippen LogP contribution in [0, 0.1) is 6.92 Å². The molecule has 3 nitrogen and oxygen atoms in total. The second-order valence-electron chi connectivity index (χ2n) is 4.73. The Morgan fingerprint density at radius 3 is 2.88 bits per heavy atom. The summed E-state index contributed by atoms with van der Waals surface area (Å²) in [5, 5.41) is 0. The summed E-state index contributed by atoms with van der Waals surface area (Å²) in [5.41, 5.74) is 7.27. The van der Waals surface area contributed by atoms with Crippen LogP contribution in [0.4, 0.5) is 0 Å². The normalized spacial score (nSPS) is 25.4. The van der Waals surface area contributed by atoms with Crippen molar-refractivity contribution < 1.29 is 4.74 Å². The molecule has 0 saturated heterocycles. The minimum atomic E-state index is 0.116. The summed E-state index contributed by atoms with van der Waals surface area (Å²) >= 11 is 3.44. The van der Waals surface area contributed by atoms with Crippen molar-refractivity contribution in [1.29, 1.82) is 0 Å². The first kappa shape index (κ1) is 12.8. The minimum Gasteiger partial charge on any atom is -0.473 e. The van der Waals surface area contributed by atoms with E-state index in [0.717, 1.165) is 22.9 Å². The van der Waals surface area contributed by atoms with E-state index in [0.29, 0.717) is 5.88 Å². The van der Waals surface area contributed by atoms with Gasteiger partial charge in [-0.05, 0) is 47.7 Å². The summed E-state index contributed by atoms with van der Waals surface area (Å²) in [6.45, 7) is 2.03. The minimum absolute atomic E-state index is 0.116. The molecule has 1 aliphatic carbocycles. The highest BCUT2D eigenvalue weighted by atomic mass is 79.9. The predicted octanol–water partition coefficient (Wildman–Crippen LogP) is 3.19. The van der Waals surface area contributed by atoms with Gasteiger partial charge in [-0.2, -0.15) is 0 Å². The van der Waals surface area contributed by atoms with Crippen LogP contribution in [0.5, 0.6) is 5.88 Å². The molecule has 0 aliphatic heterocycles. The van der Waals surface area contributed by atoms with Crippen molar-refractivity contribution in [1.82, 2.24) is 4.98 Å². The van der Waals surface area contributed by atoms with Gasteiger partial charge in [0.15, 0.2) is 0 Å². The maximum Gasteiger partial charge on any atom is 0.213 e. The van der Waals surface area contributed by atoms with Crippen molar-refractivity contribution in [3.63, 3.8) is 0 Å². The number of halogens is 1. The second-order valence-corrected chi connectivity index (χ2v) is 5.58. The lowest BCUT2D eigenvalue weighted by atomic mass is 10.1. The molecular weight excluding hydrogens is 280 g/mol. The smallest absolute Gasteiger partial charge is 0.213 e. The van der Waals surface area contributed by atoms with Gasteiger partial charge in [-0.15, -0.1) is 0 Å². The van der Waals surface area contributed by atoms with Gasteiger partial charge in [0.25, 0.3) is 0 Å². The van der Waals surface area contributed by atoms with E-state index in [9.17, 15) is 0 Å². The Morgan fingerprint density at radius 2 is 2.12 bits per heavy atom. The third-order valence-corrected chi connectivity index (χ3v) is 4.13. The van der Waals surface area contributed by atoms with Crippen LogP contribution in [-0.2, 0) is 0 Å². The molecule has 1 fully saturated rings. The van der Waals surface area contributed by atoms with Gasteiger partial charge in [0.1, 0.15) is 6.10 Å². The van der Waals surface area contributed by atoms with E-state index in [-0.39, 0.29) is 12.1 Å². The van der Waals surface area contributed by atoms with Gasteiger partial charge in [0.05, 0.1) is 0 Å². The lowest BCUT2D eigenvalue weighted by Crippen LogP contribution is -2.38. The van der Waals surface area contributed by atoms with Crippen molar-refractivity contribution >= 4 is 15.9 Å². The quantitative estimate of drug-likeness (QED) is 0.853. The lowest BCUT2D eigenvalue weighted by molar-refractivity contribution is 0.156. The van der Waals surface area contributed by atoms with Gasteiger partial charge in [-0.1, -0.05) is 12.8 Å². The number of aromatic nitrogens is 1. The molecule has 2 rings (SSSR count).